The second-order valence-electron chi connectivity index (χ2n) is 11.5. The first-order valence-corrected chi connectivity index (χ1v) is 15.9. The Labute approximate surface area is 257 Å². The molecule has 0 atom stereocenters. The average molecular weight is 596 g/mol. The van der Waals surface area contributed by atoms with Crippen LogP contribution >= 0.6 is 0 Å². The van der Waals surface area contributed by atoms with Gasteiger partial charge >= 0.3 is 5.97 Å². The molecule has 0 bridgehead atoms. The normalized spacial score (nSPS) is 12.9. The first kappa shape index (κ1) is 31.9. The van der Waals surface area contributed by atoms with Crippen LogP contribution in [0.5, 0.6) is 23.0 Å². The molecule has 228 valence electrons. The third-order valence-corrected chi connectivity index (χ3v) is 8.50. The third-order valence-electron chi connectivity index (χ3n) is 8.50. The molecule has 2 aliphatic heterocycles. The van der Waals surface area contributed by atoms with Crippen LogP contribution in [0.15, 0.2) is 36.5 Å². The van der Waals surface area contributed by atoms with Gasteiger partial charge in [0.25, 0.3) is 0 Å². The van der Waals surface area contributed by atoms with Crippen molar-refractivity contribution in [1.82, 2.24) is 0 Å². The highest BCUT2D eigenvalue weighted by atomic mass is 35.5. The summed E-state index contributed by atoms with van der Waals surface area (Å²) in [4.78, 5) is 12.9. The minimum absolute atomic E-state index is 0. The SMILES string of the molecule is CCCCCCCCCCCCCCCC(=O)Oc1c(OC)ccc2cc3[n+](cc12)CCc1cc2c(cc1-3)OCO2.[Cl-]. The van der Waals surface area contributed by atoms with Crippen molar-refractivity contribution in [1.29, 1.82) is 0 Å². The molecule has 0 aliphatic carbocycles. The zero-order valence-corrected chi connectivity index (χ0v) is 26.1. The van der Waals surface area contributed by atoms with Crippen LogP contribution in [0.1, 0.15) is 102 Å². The van der Waals surface area contributed by atoms with Crippen LogP contribution in [0.3, 0.4) is 0 Å². The molecule has 7 heteroatoms. The van der Waals surface area contributed by atoms with Crippen LogP contribution in [0, 0.1) is 0 Å². The lowest BCUT2D eigenvalue weighted by atomic mass is 9.95. The molecule has 0 radical (unpaired) electrons. The third kappa shape index (κ3) is 7.89. The van der Waals surface area contributed by atoms with Gasteiger partial charge in [-0.25, -0.2) is 0 Å². The number of hydrogen-bond donors (Lipinski definition) is 0. The van der Waals surface area contributed by atoms with E-state index in [-0.39, 0.29) is 25.2 Å². The molecule has 0 amide bonds. The number of halogens is 1. The molecule has 6 nitrogen and oxygen atoms in total. The number of ether oxygens (including phenoxy) is 4. The van der Waals surface area contributed by atoms with Gasteiger partial charge in [-0.2, -0.15) is 4.57 Å². The van der Waals surface area contributed by atoms with E-state index in [0.29, 0.717) is 17.9 Å². The Morgan fingerprint density at radius 3 is 2.17 bits per heavy atom. The molecule has 1 aromatic heterocycles. The Balaban J connectivity index is 0.00000405. The second-order valence-corrected chi connectivity index (χ2v) is 11.5. The lowest BCUT2D eigenvalue weighted by molar-refractivity contribution is -0.686. The number of esters is 1. The van der Waals surface area contributed by atoms with E-state index in [2.05, 4.69) is 35.9 Å². The average Bonchev–Trinajstić information content (AvgIpc) is 3.45. The Kier molecular flexibility index (Phi) is 12.2. The zero-order chi connectivity index (χ0) is 28.4. The number of fused-ring (bicyclic) bond motifs is 5. The first-order chi connectivity index (χ1) is 20.2. The minimum atomic E-state index is -0.195. The molecule has 5 rings (SSSR count). The minimum Gasteiger partial charge on any atom is -1.00 e. The number of unbranched alkanes of at least 4 members (excludes halogenated alkanes) is 12. The maximum Gasteiger partial charge on any atom is 0.311 e. The van der Waals surface area contributed by atoms with E-state index in [0.717, 1.165) is 59.3 Å². The van der Waals surface area contributed by atoms with Crippen molar-refractivity contribution >= 4 is 16.7 Å². The van der Waals surface area contributed by atoms with Crippen LogP contribution in [-0.4, -0.2) is 19.9 Å². The maximum absolute atomic E-state index is 12.9. The smallest absolute Gasteiger partial charge is 0.311 e. The van der Waals surface area contributed by atoms with Gasteiger partial charge in [-0.05, 0) is 41.6 Å². The van der Waals surface area contributed by atoms with Crippen LogP contribution in [0.4, 0.5) is 0 Å². The summed E-state index contributed by atoms with van der Waals surface area (Å²) in [7, 11) is 1.62. The summed E-state index contributed by atoms with van der Waals surface area (Å²) in [6, 6.07) is 10.3. The van der Waals surface area contributed by atoms with E-state index in [1.54, 1.807) is 7.11 Å². The number of aryl methyl sites for hydroxylation is 2. The highest BCUT2D eigenvalue weighted by molar-refractivity contribution is 5.93. The van der Waals surface area contributed by atoms with Gasteiger partial charge in [-0.1, -0.05) is 84.0 Å². The van der Waals surface area contributed by atoms with Crippen molar-refractivity contribution in [2.24, 2.45) is 0 Å². The topological polar surface area (TPSA) is 57.9 Å². The largest absolute Gasteiger partial charge is 1.00 e. The number of benzene rings is 2. The number of carbonyl (C=O) groups excluding carboxylic acids is 1. The van der Waals surface area contributed by atoms with Gasteiger partial charge in [0.2, 0.25) is 12.5 Å². The quantitative estimate of drug-likeness (QED) is 0.0950. The van der Waals surface area contributed by atoms with Gasteiger partial charge in [0.05, 0.1) is 18.1 Å². The van der Waals surface area contributed by atoms with E-state index in [9.17, 15) is 4.79 Å². The molecule has 2 aliphatic rings. The summed E-state index contributed by atoms with van der Waals surface area (Å²) in [6.07, 6.45) is 20.1. The molecule has 0 spiro atoms. The number of hydrogen-bond acceptors (Lipinski definition) is 5. The number of pyridine rings is 1. The standard InChI is InChI=1S/C35H46NO5.ClH/c1-3-4-5-6-7-8-9-10-11-12-13-14-15-16-34(37)41-35-29-24-36-20-19-27-22-32-33(40-25-39-32)23-28(27)30(36)21-26(29)17-18-31(35)38-2;/h17-18,21-24H,3-16,19-20,25H2,1-2H3;1H/q+1;/p-1. The molecule has 0 N–H and O–H groups in total. The number of nitrogens with zero attached hydrogens (tertiary/aromatic N) is 1. The van der Waals surface area contributed by atoms with E-state index < -0.39 is 0 Å². The fourth-order valence-electron chi connectivity index (χ4n) is 6.12. The van der Waals surface area contributed by atoms with Crippen LogP contribution in [-0.2, 0) is 17.8 Å². The van der Waals surface area contributed by atoms with E-state index in [1.807, 2.05) is 12.1 Å². The Morgan fingerprint density at radius 2 is 1.50 bits per heavy atom. The van der Waals surface area contributed by atoms with Gasteiger partial charge in [-0.15, -0.1) is 0 Å². The van der Waals surface area contributed by atoms with Gasteiger partial charge in [-0.3, -0.25) is 4.79 Å². The number of rotatable bonds is 16. The molecule has 42 heavy (non-hydrogen) atoms. The Bertz CT molecular complexity index is 1340. The highest BCUT2D eigenvalue weighted by Crippen LogP contribution is 2.41. The van der Waals surface area contributed by atoms with Crippen molar-refractivity contribution in [3.63, 3.8) is 0 Å². The summed E-state index contributed by atoms with van der Waals surface area (Å²) in [6.45, 7) is 3.37. The summed E-state index contributed by atoms with van der Waals surface area (Å²) in [5.74, 6) is 2.50. The molecular formula is C35H46ClNO5. The number of methoxy groups -OCH3 is 1. The monoisotopic (exact) mass is 595 g/mol. The van der Waals surface area contributed by atoms with Gasteiger partial charge in [0.1, 0.15) is 0 Å². The lowest BCUT2D eigenvalue weighted by Crippen LogP contribution is -3.00. The summed E-state index contributed by atoms with van der Waals surface area (Å²) in [5, 5.41) is 1.89. The van der Waals surface area contributed by atoms with Crippen LogP contribution in [0.25, 0.3) is 22.0 Å². The molecule has 0 saturated carbocycles. The second kappa shape index (κ2) is 16.0. The molecule has 0 saturated heterocycles. The number of carbonyl (C=O) groups is 1. The predicted octanol–water partition coefficient (Wildman–Crippen LogP) is 5.48. The number of aromatic nitrogens is 1. The van der Waals surface area contributed by atoms with Gasteiger partial charge in [0.15, 0.2) is 35.7 Å². The fourth-order valence-corrected chi connectivity index (χ4v) is 6.12. The zero-order valence-electron chi connectivity index (χ0n) is 25.4. The Hall–Kier alpha value is -2.99. The van der Waals surface area contributed by atoms with Crippen LogP contribution < -0.4 is 35.9 Å². The van der Waals surface area contributed by atoms with Gasteiger partial charge < -0.3 is 31.4 Å². The van der Waals surface area contributed by atoms with Gasteiger partial charge in [0, 0.05) is 18.9 Å². The Morgan fingerprint density at radius 1 is 0.857 bits per heavy atom. The van der Waals surface area contributed by atoms with Crippen LogP contribution in [0.2, 0.25) is 0 Å². The van der Waals surface area contributed by atoms with E-state index >= 15 is 0 Å². The lowest BCUT2D eigenvalue weighted by Gasteiger charge is -2.17. The highest BCUT2D eigenvalue weighted by Gasteiger charge is 2.29. The molecule has 0 fully saturated rings. The van der Waals surface area contributed by atoms with Crippen molar-refractivity contribution in [3.05, 3.63) is 42.1 Å². The van der Waals surface area contributed by atoms with Crippen molar-refractivity contribution in [2.45, 2.75) is 110 Å². The predicted molar refractivity (Wildman–Crippen MR) is 162 cm³/mol. The maximum atomic E-state index is 12.9. The van der Waals surface area contributed by atoms with Crippen molar-refractivity contribution in [3.8, 4) is 34.3 Å². The van der Waals surface area contributed by atoms with E-state index in [1.165, 1.54) is 76.2 Å². The van der Waals surface area contributed by atoms with Crippen molar-refractivity contribution < 1.29 is 40.7 Å². The summed E-state index contributed by atoms with van der Waals surface area (Å²) in [5.41, 5.74) is 3.53. The first-order valence-electron chi connectivity index (χ1n) is 15.9. The fraction of sp³-hybridized carbons (Fsp3) is 0.543. The van der Waals surface area contributed by atoms with E-state index in [4.69, 9.17) is 18.9 Å². The summed E-state index contributed by atoms with van der Waals surface area (Å²) < 4.78 is 25.0. The molecule has 2 aromatic carbocycles. The molecule has 0 unspecified atom stereocenters. The molecule has 3 heterocycles. The van der Waals surface area contributed by atoms with Crippen molar-refractivity contribution in [2.75, 3.05) is 13.9 Å². The summed E-state index contributed by atoms with van der Waals surface area (Å²) >= 11 is 0. The molecular weight excluding hydrogens is 550 g/mol. The molecule has 3 aromatic rings.